The number of amides is 1. The van der Waals surface area contributed by atoms with Crippen LogP contribution < -0.4 is 11.1 Å². The quantitative estimate of drug-likeness (QED) is 0.775. The van der Waals surface area contributed by atoms with Gasteiger partial charge < -0.3 is 15.6 Å². The van der Waals surface area contributed by atoms with Gasteiger partial charge in [-0.3, -0.25) is 4.79 Å². The molecule has 90 valence electrons. The highest BCUT2D eigenvalue weighted by molar-refractivity contribution is 6.03. The predicted octanol–water partition coefficient (Wildman–Crippen LogP) is 1.24. The van der Waals surface area contributed by atoms with Crippen molar-refractivity contribution in [3.63, 3.8) is 0 Å². The van der Waals surface area contributed by atoms with Gasteiger partial charge in [0.15, 0.2) is 5.82 Å². The molecular formula is C13H11N3O2. The number of hydrogen-bond donors (Lipinski definition) is 2. The van der Waals surface area contributed by atoms with E-state index in [9.17, 15) is 4.79 Å². The zero-order valence-electron chi connectivity index (χ0n) is 9.51. The molecule has 5 nitrogen and oxygen atoms in total. The smallest absolute Gasteiger partial charge is 0.256 e. The van der Waals surface area contributed by atoms with Gasteiger partial charge in [0.1, 0.15) is 6.26 Å². The highest BCUT2D eigenvalue weighted by Crippen LogP contribution is 2.07. The van der Waals surface area contributed by atoms with Gasteiger partial charge in [-0.15, -0.1) is 0 Å². The first kappa shape index (κ1) is 11.9. The third-order valence-electron chi connectivity index (χ3n) is 2.16. The molecule has 0 saturated carbocycles. The van der Waals surface area contributed by atoms with E-state index < -0.39 is 0 Å². The molecule has 1 aromatic carbocycles. The van der Waals surface area contributed by atoms with Gasteiger partial charge in [0.25, 0.3) is 5.91 Å². The zero-order chi connectivity index (χ0) is 12.8. The molecular weight excluding hydrogens is 230 g/mol. The molecule has 0 aliphatic carbocycles. The third-order valence-corrected chi connectivity index (χ3v) is 2.16. The molecule has 1 amide bonds. The molecule has 0 unspecified atom stereocenters. The minimum atomic E-state index is -0.248. The average Bonchev–Trinajstić information content (AvgIpc) is 2.89. The zero-order valence-corrected chi connectivity index (χ0v) is 9.51. The van der Waals surface area contributed by atoms with Gasteiger partial charge >= 0.3 is 0 Å². The Labute approximate surface area is 104 Å². The van der Waals surface area contributed by atoms with E-state index >= 15 is 0 Å². The fourth-order valence-electron chi connectivity index (χ4n) is 1.32. The second-order valence-corrected chi connectivity index (χ2v) is 3.42. The van der Waals surface area contributed by atoms with Gasteiger partial charge in [-0.25, -0.2) is 0 Å². The minimum Gasteiger partial charge on any atom is -0.363 e. The summed E-state index contributed by atoms with van der Waals surface area (Å²) in [5, 5.41) is 6.20. The summed E-state index contributed by atoms with van der Waals surface area (Å²) in [5.41, 5.74) is 6.62. The number of nitrogens with one attached hydrogen (secondary N) is 1. The van der Waals surface area contributed by atoms with Crippen LogP contribution in [0, 0.1) is 11.8 Å². The molecule has 2 aromatic rings. The normalized spacial score (nSPS) is 9.39. The van der Waals surface area contributed by atoms with E-state index in [4.69, 9.17) is 5.73 Å². The van der Waals surface area contributed by atoms with Crippen LogP contribution in [0.2, 0.25) is 0 Å². The van der Waals surface area contributed by atoms with E-state index in [1.54, 1.807) is 30.3 Å². The Balaban J connectivity index is 2.07. The van der Waals surface area contributed by atoms with Crippen LogP contribution in [0.25, 0.3) is 0 Å². The standard InChI is InChI=1S/C13H11N3O2/c14-8-1-2-10-3-5-11(6-4-10)13(17)15-12-7-9-18-16-12/h3-7,9H,8,14H2,(H,15,16,17). The lowest BCUT2D eigenvalue weighted by Gasteiger charge is -2.01. The summed E-state index contributed by atoms with van der Waals surface area (Å²) >= 11 is 0. The Hall–Kier alpha value is -2.58. The molecule has 1 heterocycles. The van der Waals surface area contributed by atoms with Crippen LogP contribution in [-0.4, -0.2) is 17.6 Å². The monoisotopic (exact) mass is 241 g/mol. The number of carbonyl (C=O) groups excluding carboxylic acids is 1. The van der Waals surface area contributed by atoms with Crippen molar-refractivity contribution in [2.75, 3.05) is 11.9 Å². The van der Waals surface area contributed by atoms with Crippen LogP contribution in [0.3, 0.4) is 0 Å². The van der Waals surface area contributed by atoms with Gasteiger partial charge in [0, 0.05) is 17.2 Å². The molecule has 0 atom stereocenters. The Morgan fingerprint density at radius 2 is 2.11 bits per heavy atom. The van der Waals surface area contributed by atoms with Crippen LogP contribution in [0.1, 0.15) is 15.9 Å². The second-order valence-electron chi connectivity index (χ2n) is 3.42. The average molecular weight is 241 g/mol. The fraction of sp³-hybridized carbons (Fsp3) is 0.0769. The van der Waals surface area contributed by atoms with Crippen LogP contribution >= 0.6 is 0 Å². The number of hydrogen-bond acceptors (Lipinski definition) is 4. The number of benzene rings is 1. The molecule has 2 rings (SSSR count). The number of aromatic nitrogens is 1. The summed E-state index contributed by atoms with van der Waals surface area (Å²) in [6.45, 7) is 0.314. The molecule has 1 aromatic heterocycles. The van der Waals surface area contributed by atoms with Crippen molar-refractivity contribution in [1.82, 2.24) is 5.16 Å². The second kappa shape index (κ2) is 5.66. The molecule has 0 bridgehead atoms. The van der Waals surface area contributed by atoms with Crippen LogP contribution in [-0.2, 0) is 0 Å². The highest BCUT2D eigenvalue weighted by atomic mass is 16.5. The van der Waals surface area contributed by atoms with E-state index in [0.29, 0.717) is 17.9 Å². The third kappa shape index (κ3) is 2.97. The molecule has 0 spiro atoms. The van der Waals surface area contributed by atoms with E-state index in [-0.39, 0.29) is 5.91 Å². The lowest BCUT2D eigenvalue weighted by atomic mass is 10.1. The van der Waals surface area contributed by atoms with E-state index in [1.807, 2.05) is 0 Å². The maximum absolute atomic E-state index is 11.8. The van der Waals surface area contributed by atoms with Crippen molar-refractivity contribution in [3.8, 4) is 11.8 Å². The Kier molecular flexibility index (Phi) is 3.74. The lowest BCUT2D eigenvalue weighted by molar-refractivity contribution is 0.102. The molecule has 3 N–H and O–H groups in total. The lowest BCUT2D eigenvalue weighted by Crippen LogP contribution is -2.11. The van der Waals surface area contributed by atoms with Crippen molar-refractivity contribution < 1.29 is 9.32 Å². The SMILES string of the molecule is NCC#Cc1ccc(C(=O)Nc2ccon2)cc1. The van der Waals surface area contributed by atoms with Gasteiger partial charge in [0.2, 0.25) is 0 Å². The molecule has 0 aliphatic heterocycles. The van der Waals surface area contributed by atoms with Crippen molar-refractivity contribution >= 4 is 11.7 Å². The largest absolute Gasteiger partial charge is 0.363 e. The number of rotatable bonds is 2. The molecule has 0 fully saturated rings. The summed E-state index contributed by atoms with van der Waals surface area (Å²) < 4.78 is 4.62. The maximum Gasteiger partial charge on any atom is 0.256 e. The van der Waals surface area contributed by atoms with Crippen molar-refractivity contribution in [2.45, 2.75) is 0 Å². The van der Waals surface area contributed by atoms with E-state index in [2.05, 4.69) is 26.8 Å². The summed E-state index contributed by atoms with van der Waals surface area (Å²) in [4.78, 5) is 11.8. The highest BCUT2D eigenvalue weighted by Gasteiger charge is 2.06. The van der Waals surface area contributed by atoms with E-state index in [0.717, 1.165) is 5.56 Å². The van der Waals surface area contributed by atoms with E-state index in [1.165, 1.54) is 6.26 Å². The molecule has 18 heavy (non-hydrogen) atoms. The van der Waals surface area contributed by atoms with Crippen LogP contribution in [0.4, 0.5) is 5.82 Å². The summed E-state index contributed by atoms with van der Waals surface area (Å²) in [5.74, 6) is 5.76. The minimum absolute atomic E-state index is 0.248. The van der Waals surface area contributed by atoms with Crippen molar-refractivity contribution in [1.29, 1.82) is 0 Å². The Bertz CT molecular complexity index is 577. The maximum atomic E-state index is 11.8. The molecule has 0 aliphatic rings. The van der Waals surface area contributed by atoms with Crippen LogP contribution in [0.5, 0.6) is 0 Å². The van der Waals surface area contributed by atoms with Crippen LogP contribution in [0.15, 0.2) is 41.1 Å². The van der Waals surface area contributed by atoms with Crippen molar-refractivity contribution in [3.05, 3.63) is 47.7 Å². The fourth-order valence-corrected chi connectivity index (χ4v) is 1.32. The first-order valence-electron chi connectivity index (χ1n) is 5.30. The van der Waals surface area contributed by atoms with Gasteiger partial charge in [-0.1, -0.05) is 17.0 Å². The Morgan fingerprint density at radius 1 is 1.33 bits per heavy atom. The van der Waals surface area contributed by atoms with Gasteiger partial charge in [-0.05, 0) is 24.3 Å². The summed E-state index contributed by atoms with van der Waals surface area (Å²) in [7, 11) is 0. The molecule has 0 radical (unpaired) electrons. The summed E-state index contributed by atoms with van der Waals surface area (Å²) in [6.07, 6.45) is 1.39. The number of anilines is 1. The molecule has 0 saturated heterocycles. The first-order chi connectivity index (χ1) is 8.79. The predicted molar refractivity (Wildman–Crippen MR) is 66.8 cm³/mol. The van der Waals surface area contributed by atoms with Crippen molar-refractivity contribution in [2.24, 2.45) is 5.73 Å². The topological polar surface area (TPSA) is 81.2 Å². The summed E-state index contributed by atoms with van der Waals surface area (Å²) in [6, 6.07) is 8.48. The number of carbonyl (C=O) groups is 1. The first-order valence-corrected chi connectivity index (χ1v) is 5.30. The number of nitrogens with zero attached hydrogens (tertiary/aromatic N) is 1. The van der Waals surface area contributed by atoms with Gasteiger partial charge in [-0.2, -0.15) is 0 Å². The number of nitrogens with two attached hydrogens (primary N) is 1. The Morgan fingerprint density at radius 3 is 2.72 bits per heavy atom. The van der Waals surface area contributed by atoms with Gasteiger partial charge in [0.05, 0.1) is 6.54 Å². The molecule has 5 heteroatoms.